The van der Waals surface area contributed by atoms with E-state index in [9.17, 15) is 9.59 Å². The van der Waals surface area contributed by atoms with Crippen molar-refractivity contribution in [2.24, 2.45) is 24.8 Å². The van der Waals surface area contributed by atoms with Crippen molar-refractivity contribution in [3.8, 4) is 0 Å². The molecule has 0 radical (unpaired) electrons. The van der Waals surface area contributed by atoms with Crippen LogP contribution in [-0.2, 0) is 11.8 Å². The molecule has 1 aliphatic heterocycles. The first-order valence-electron chi connectivity index (χ1n) is 9.73. The Bertz CT molecular complexity index is 662. The van der Waals surface area contributed by atoms with E-state index >= 15 is 0 Å². The fourth-order valence-electron chi connectivity index (χ4n) is 5.10. The molecule has 2 aliphatic carbocycles. The summed E-state index contributed by atoms with van der Waals surface area (Å²) in [4.78, 5) is 27.3. The molecule has 2 saturated carbocycles. The molecule has 3 atom stereocenters. The predicted octanol–water partition coefficient (Wildman–Crippen LogP) is 2.81. The molecule has 3 fully saturated rings. The number of hydrogen-bond acceptors (Lipinski definition) is 3. The smallest absolute Gasteiger partial charge is 0.274 e. The monoisotopic (exact) mass is 344 g/mol. The quantitative estimate of drug-likeness (QED) is 0.913. The van der Waals surface area contributed by atoms with E-state index in [2.05, 4.69) is 10.4 Å². The van der Waals surface area contributed by atoms with Crippen molar-refractivity contribution in [1.82, 2.24) is 14.7 Å². The Balaban J connectivity index is 1.42. The molecule has 2 heterocycles. The fourth-order valence-corrected chi connectivity index (χ4v) is 5.10. The molecule has 2 bridgehead atoms. The first-order chi connectivity index (χ1) is 12.1. The van der Waals surface area contributed by atoms with Crippen molar-refractivity contribution in [3.63, 3.8) is 0 Å². The summed E-state index contributed by atoms with van der Waals surface area (Å²) in [7, 11) is 1.77. The van der Waals surface area contributed by atoms with Gasteiger partial charge in [0.05, 0.1) is 11.9 Å². The number of piperidine rings is 1. The van der Waals surface area contributed by atoms with Crippen LogP contribution in [0.5, 0.6) is 0 Å². The number of hydrogen-bond donors (Lipinski definition) is 1. The van der Waals surface area contributed by atoms with Gasteiger partial charge in [-0.25, -0.2) is 0 Å². The third-order valence-corrected chi connectivity index (χ3v) is 6.39. The molecule has 2 amide bonds. The van der Waals surface area contributed by atoms with E-state index in [0.717, 1.165) is 37.8 Å². The van der Waals surface area contributed by atoms with Gasteiger partial charge in [0, 0.05) is 26.6 Å². The zero-order chi connectivity index (χ0) is 17.4. The van der Waals surface area contributed by atoms with E-state index in [0.29, 0.717) is 23.7 Å². The Hall–Kier alpha value is -1.85. The molecule has 1 aromatic heterocycles. The van der Waals surface area contributed by atoms with Crippen molar-refractivity contribution < 1.29 is 9.59 Å². The summed E-state index contributed by atoms with van der Waals surface area (Å²) in [5.41, 5.74) is 1.06. The highest BCUT2D eigenvalue weighted by Gasteiger charge is 2.40. The zero-order valence-electron chi connectivity index (χ0n) is 15.0. The molecule has 0 aromatic carbocycles. The predicted molar refractivity (Wildman–Crippen MR) is 95.1 cm³/mol. The highest BCUT2D eigenvalue weighted by atomic mass is 16.2. The zero-order valence-corrected chi connectivity index (χ0v) is 15.0. The number of aromatic nitrogens is 2. The molecule has 1 aromatic rings. The number of amides is 2. The lowest BCUT2D eigenvalue weighted by molar-refractivity contribution is -0.117. The van der Waals surface area contributed by atoms with Crippen molar-refractivity contribution in [2.75, 3.05) is 18.4 Å². The van der Waals surface area contributed by atoms with E-state index in [4.69, 9.17) is 0 Å². The Morgan fingerprint density at radius 2 is 2.00 bits per heavy atom. The largest absolute Gasteiger partial charge is 0.337 e. The minimum absolute atomic E-state index is 0.0186. The molecular formula is C19H28N4O2. The number of carbonyl (C=O) groups is 2. The maximum Gasteiger partial charge on any atom is 0.274 e. The second kappa shape index (κ2) is 6.81. The number of rotatable bonds is 4. The summed E-state index contributed by atoms with van der Waals surface area (Å²) in [5, 5.41) is 7.18. The standard InChI is InChI=1S/C19H28N4O2/c1-22-18(19(25)23-7-3-2-4-8-23)16(12-20-22)21-17(24)11-15-10-13-5-6-14(15)9-13/h12-15H,2-11H2,1H3,(H,21,24). The van der Waals surface area contributed by atoms with Gasteiger partial charge in [-0.15, -0.1) is 0 Å². The number of likely N-dealkylation sites (tertiary alicyclic amines) is 1. The molecule has 6 nitrogen and oxygen atoms in total. The second-order valence-electron chi connectivity index (χ2n) is 8.07. The van der Waals surface area contributed by atoms with Gasteiger partial charge in [-0.1, -0.05) is 6.42 Å². The molecular weight excluding hydrogens is 316 g/mol. The van der Waals surface area contributed by atoms with Crippen molar-refractivity contribution in [2.45, 2.75) is 51.4 Å². The highest BCUT2D eigenvalue weighted by Crippen LogP contribution is 2.49. The average molecular weight is 344 g/mol. The van der Waals surface area contributed by atoms with Crippen molar-refractivity contribution in [3.05, 3.63) is 11.9 Å². The number of nitrogens with zero attached hydrogens (tertiary/aromatic N) is 3. The van der Waals surface area contributed by atoms with Gasteiger partial charge in [0.15, 0.2) is 0 Å². The van der Waals surface area contributed by atoms with E-state index < -0.39 is 0 Å². The Morgan fingerprint density at radius 1 is 1.20 bits per heavy atom. The summed E-state index contributed by atoms with van der Waals surface area (Å²) in [5.74, 6) is 2.11. The van der Waals surface area contributed by atoms with Gasteiger partial charge in [-0.3, -0.25) is 14.3 Å². The van der Waals surface area contributed by atoms with Gasteiger partial charge in [0.2, 0.25) is 5.91 Å². The molecule has 4 rings (SSSR count). The van der Waals surface area contributed by atoms with Crippen LogP contribution in [0, 0.1) is 17.8 Å². The second-order valence-corrected chi connectivity index (χ2v) is 8.07. The molecule has 136 valence electrons. The Labute approximate surface area is 148 Å². The molecule has 1 saturated heterocycles. The number of fused-ring (bicyclic) bond motifs is 2. The van der Waals surface area contributed by atoms with Gasteiger partial charge in [0.1, 0.15) is 5.69 Å². The molecule has 0 spiro atoms. The SMILES string of the molecule is Cn1ncc(NC(=O)CC2CC3CCC2C3)c1C(=O)N1CCCCC1. The molecule has 3 unspecified atom stereocenters. The van der Waals surface area contributed by atoms with Crippen LogP contribution in [0.1, 0.15) is 61.9 Å². The minimum atomic E-state index is -0.0186. The summed E-state index contributed by atoms with van der Waals surface area (Å²) < 4.78 is 1.59. The summed E-state index contributed by atoms with van der Waals surface area (Å²) in [6.07, 6.45) is 10.6. The van der Waals surface area contributed by atoms with Crippen LogP contribution in [0.2, 0.25) is 0 Å². The van der Waals surface area contributed by atoms with E-state index in [1.807, 2.05) is 4.90 Å². The van der Waals surface area contributed by atoms with Gasteiger partial charge in [0.25, 0.3) is 5.91 Å². The van der Waals surface area contributed by atoms with Gasteiger partial charge < -0.3 is 10.2 Å². The lowest BCUT2D eigenvalue weighted by atomic mass is 9.86. The first-order valence-corrected chi connectivity index (χ1v) is 9.73. The summed E-state index contributed by atoms with van der Waals surface area (Å²) >= 11 is 0. The number of nitrogens with one attached hydrogen (secondary N) is 1. The van der Waals surface area contributed by atoms with E-state index in [1.54, 1.807) is 17.9 Å². The van der Waals surface area contributed by atoms with E-state index in [-0.39, 0.29) is 11.8 Å². The normalized spacial score (nSPS) is 28.4. The number of carbonyl (C=O) groups excluding carboxylic acids is 2. The average Bonchev–Trinajstić information content (AvgIpc) is 3.31. The number of aryl methyl sites for hydroxylation is 1. The van der Waals surface area contributed by atoms with Crippen molar-refractivity contribution in [1.29, 1.82) is 0 Å². The van der Waals surface area contributed by atoms with Crippen LogP contribution in [0.3, 0.4) is 0 Å². The Morgan fingerprint density at radius 3 is 2.68 bits per heavy atom. The van der Waals surface area contributed by atoms with Gasteiger partial charge >= 0.3 is 0 Å². The Kier molecular flexibility index (Phi) is 4.52. The first kappa shape index (κ1) is 16.6. The summed E-state index contributed by atoms with van der Waals surface area (Å²) in [6.45, 7) is 1.59. The van der Waals surface area contributed by atoms with Crippen LogP contribution in [0.15, 0.2) is 6.20 Å². The van der Waals surface area contributed by atoms with E-state index in [1.165, 1.54) is 32.1 Å². The molecule has 1 N–H and O–H groups in total. The lowest BCUT2D eigenvalue weighted by Gasteiger charge is -2.27. The topological polar surface area (TPSA) is 67.2 Å². The molecule has 25 heavy (non-hydrogen) atoms. The lowest BCUT2D eigenvalue weighted by Crippen LogP contribution is -2.37. The number of anilines is 1. The summed E-state index contributed by atoms with van der Waals surface area (Å²) in [6, 6.07) is 0. The van der Waals surface area contributed by atoms with Crippen molar-refractivity contribution >= 4 is 17.5 Å². The third-order valence-electron chi connectivity index (χ3n) is 6.39. The van der Waals surface area contributed by atoms with Crippen LogP contribution in [-0.4, -0.2) is 39.6 Å². The van der Waals surface area contributed by atoms with Crippen LogP contribution in [0.25, 0.3) is 0 Å². The van der Waals surface area contributed by atoms with Crippen LogP contribution < -0.4 is 5.32 Å². The highest BCUT2D eigenvalue weighted by molar-refractivity contribution is 6.02. The van der Waals surface area contributed by atoms with Crippen LogP contribution >= 0.6 is 0 Å². The third kappa shape index (κ3) is 3.31. The molecule has 3 aliphatic rings. The van der Waals surface area contributed by atoms with Crippen LogP contribution in [0.4, 0.5) is 5.69 Å². The maximum absolute atomic E-state index is 12.8. The minimum Gasteiger partial charge on any atom is -0.337 e. The van der Waals surface area contributed by atoms with Gasteiger partial charge in [-0.05, 0) is 56.3 Å². The van der Waals surface area contributed by atoms with Gasteiger partial charge in [-0.2, -0.15) is 5.10 Å². The maximum atomic E-state index is 12.8. The molecule has 6 heteroatoms. The fraction of sp³-hybridized carbons (Fsp3) is 0.737.